The van der Waals surface area contributed by atoms with Gasteiger partial charge in [-0.2, -0.15) is 0 Å². The first-order chi connectivity index (χ1) is 11.0. The van der Waals surface area contributed by atoms with Crippen LogP contribution in [0.5, 0.6) is 0 Å². The van der Waals surface area contributed by atoms with Crippen LogP contribution < -0.4 is 4.90 Å². The van der Waals surface area contributed by atoms with Crippen LogP contribution in [-0.4, -0.2) is 37.0 Å². The SMILES string of the molecule is Cc1ccc(N2CCN(C(=O)c3ccc(F)cc3Cl)CC2)cc1. The molecule has 1 heterocycles. The van der Waals surface area contributed by atoms with Gasteiger partial charge in [-0.1, -0.05) is 29.3 Å². The van der Waals surface area contributed by atoms with Crippen molar-refractivity contribution in [2.75, 3.05) is 31.1 Å². The summed E-state index contributed by atoms with van der Waals surface area (Å²) in [5.41, 5.74) is 2.76. The molecule has 3 nitrogen and oxygen atoms in total. The number of benzene rings is 2. The minimum Gasteiger partial charge on any atom is -0.368 e. The van der Waals surface area contributed by atoms with E-state index < -0.39 is 5.82 Å². The molecule has 120 valence electrons. The van der Waals surface area contributed by atoms with Gasteiger partial charge in [0.25, 0.3) is 5.91 Å². The number of aryl methyl sites for hydroxylation is 1. The molecule has 2 aromatic rings. The highest BCUT2D eigenvalue weighted by molar-refractivity contribution is 6.33. The van der Waals surface area contributed by atoms with Crippen LogP contribution in [0, 0.1) is 12.7 Å². The third kappa shape index (κ3) is 3.48. The fourth-order valence-electron chi connectivity index (χ4n) is 2.76. The maximum atomic E-state index is 13.1. The molecule has 0 aromatic heterocycles. The lowest BCUT2D eigenvalue weighted by molar-refractivity contribution is 0.0747. The molecule has 0 N–H and O–H groups in total. The summed E-state index contributed by atoms with van der Waals surface area (Å²) in [4.78, 5) is 16.5. The van der Waals surface area contributed by atoms with E-state index in [4.69, 9.17) is 11.6 Å². The van der Waals surface area contributed by atoms with Gasteiger partial charge in [-0.25, -0.2) is 4.39 Å². The first-order valence-corrected chi connectivity index (χ1v) is 7.98. The van der Waals surface area contributed by atoms with Gasteiger partial charge in [-0.15, -0.1) is 0 Å². The van der Waals surface area contributed by atoms with Crippen molar-refractivity contribution < 1.29 is 9.18 Å². The lowest BCUT2D eigenvalue weighted by Gasteiger charge is -2.36. The van der Waals surface area contributed by atoms with Gasteiger partial charge in [0.05, 0.1) is 10.6 Å². The van der Waals surface area contributed by atoms with Crippen LogP contribution in [0.2, 0.25) is 5.02 Å². The second-order valence-corrected chi connectivity index (χ2v) is 6.15. The molecule has 1 saturated heterocycles. The first kappa shape index (κ1) is 15.8. The molecule has 0 radical (unpaired) electrons. The molecule has 1 aliphatic heterocycles. The standard InChI is InChI=1S/C18H18ClFN2O/c1-13-2-5-15(6-3-13)21-8-10-22(11-9-21)18(23)16-7-4-14(20)12-17(16)19/h2-7,12H,8-11H2,1H3. The zero-order chi connectivity index (χ0) is 16.4. The van der Waals surface area contributed by atoms with Crippen LogP contribution in [-0.2, 0) is 0 Å². The number of carbonyl (C=O) groups is 1. The molecular formula is C18H18ClFN2O. The molecule has 0 atom stereocenters. The van der Waals surface area contributed by atoms with Gasteiger partial charge in [-0.05, 0) is 37.3 Å². The molecular weight excluding hydrogens is 315 g/mol. The van der Waals surface area contributed by atoms with Gasteiger partial charge in [0.2, 0.25) is 0 Å². The monoisotopic (exact) mass is 332 g/mol. The minimum atomic E-state index is -0.434. The molecule has 0 saturated carbocycles. The van der Waals surface area contributed by atoms with Crippen LogP contribution in [0.15, 0.2) is 42.5 Å². The summed E-state index contributed by atoms with van der Waals surface area (Å²) < 4.78 is 13.1. The summed E-state index contributed by atoms with van der Waals surface area (Å²) in [7, 11) is 0. The van der Waals surface area contributed by atoms with E-state index in [0.29, 0.717) is 18.7 Å². The molecule has 1 aliphatic rings. The Labute approximate surface area is 140 Å². The van der Waals surface area contributed by atoms with E-state index >= 15 is 0 Å². The van der Waals surface area contributed by atoms with E-state index in [9.17, 15) is 9.18 Å². The maximum Gasteiger partial charge on any atom is 0.255 e. The molecule has 0 spiro atoms. The summed E-state index contributed by atoms with van der Waals surface area (Å²) in [6.07, 6.45) is 0. The van der Waals surface area contributed by atoms with E-state index in [1.807, 2.05) is 0 Å². The Morgan fingerprint density at radius 2 is 1.70 bits per heavy atom. The molecule has 0 unspecified atom stereocenters. The largest absolute Gasteiger partial charge is 0.368 e. The Morgan fingerprint density at radius 3 is 2.30 bits per heavy atom. The molecule has 1 fully saturated rings. The number of hydrogen-bond donors (Lipinski definition) is 0. The van der Waals surface area contributed by atoms with Crippen molar-refractivity contribution >= 4 is 23.2 Å². The van der Waals surface area contributed by atoms with Gasteiger partial charge >= 0.3 is 0 Å². The average molecular weight is 333 g/mol. The molecule has 1 amide bonds. The summed E-state index contributed by atoms with van der Waals surface area (Å²) in [6.45, 7) is 4.86. The number of anilines is 1. The van der Waals surface area contributed by atoms with Crippen molar-refractivity contribution in [2.45, 2.75) is 6.92 Å². The van der Waals surface area contributed by atoms with Crippen molar-refractivity contribution in [3.63, 3.8) is 0 Å². The summed E-state index contributed by atoms with van der Waals surface area (Å²) in [5, 5.41) is 0.163. The highest BCUT2D eigenvalue weighted by Gasteiger charge is 2.23. The number of halogens is 2. The predicted molar refractivity (Wildman–Crippen MR) is 90.7 cm³/mol. The molecule has 0 aliphatic carbocycles. The highest BCUT2D eigenvalue weighted by atomic mass is 35.5. The lowest BCUT2D eigenvalue weighted by atomic mass is 10.1. The lowest BCUT2D eigenvalue weighted by Crippen LogP contribution is -2.48. The fourth-order valence-corrected chi connectivity index (χ4v) is 3.00. The predicted octanol–water partition coefficient (Wildman–Crippen LogP) is 3.75. The van der Waals surface area contributed by atoms with Crippen LogP contribution in [0.25, 0.3) is 0 Å². The molecule has 3 rings (SSSR count). The van der Waals surface area contributed by atoms with Crippen molar-refractivity contribution in [3.05, 3.63) is 64.4 Å². The van der Waals surface area contributed by atoms with Gasteiger partial charge in [0.15, 0.2) is 0 Å². The zero-order valence-electron chi connectivity index (χ0n) is 12.9. The minimum absolute atomic E-state index is 0.140. The second kappa shape index (κ2) is 6.59. The van der Waals surface area contributed by atoms with E-state index in [1.165, 1.54) is 29.4 Å². The summed E-state index contributed by atoms with van der Waals surface area (Å²) in [5.74, 6) is -0.575. The van der Waals surface area contributed by atoms with E-state index in [2.05, 4.69) is 36.1 Å². The van der Waals surface area contributed by atoms with Gasteiger partial charge in [-0.3, -0.25) is 4.79 Å². The third-order valence-electron chi connectivity index (χ3n) is 4.13. The topological polar surface area (TPSA) is 23.6 Å². The molecule has 0 bridgehead atoms. The van der Waals surface area contributed by atoms with Crippen LogP contribution in [0.1, 0.15) is 15.9 Å². The van der Waals surface area contributed by atoms with Gasteiger partial charge < -0.3 is 9.80 Å². The van der Waals surface area contributed by atoms with E-state index in [-0.39, 0.29) is 10.9 Å². The molecule has 23 heavy (non-hydrogen) atoms. The molecule has 2 aromatic carbocycles. The smallest absolute Gasteiger partial charge is 0.255 e. The van der Waals surface area contributed by atoms with Crippen LogP contribution in [0.3, 0.4) is 0 Å². The Balaban J connectivity index is 1.66. The van der Waals surface area contributed by atoms with Crippen molar-refractivity contribution in [1.29, 1.82) is 0 Å². The Bertz CT molecular complexity index is 709. The zero-order valence-corrected chi connectivity index (χ0v) is 13.7. The Kier molecular flexibility index (Phi) is 4.53. The fraction of sp³-hybridized carbons (Fsp3) is 0.278. The van der Waals surface area contributed by atoms with Gasteiger partial charge in [0.1, 0.15) is 5.82 Å². The van der Waals surface area contributed by atoms with Crippen molar-refractivity contribution in [2.24, 2.45) is 0 Å². The van der Waals surface area contributed by atoms with Crippen molar-refractivity contribution in [3.8, 4) is 0 Å². The summed E-state index contributed by atoms with van der Waals surface area (Å²) in [6, 6.07) is 12.3. The number of piperazine rings is 1. The van der Waals surface area contributed by atoms with Crippen molar-refractivity contribution in [1.82, 2.24) is 4.90 Å². The number of rotatable bonds is 2. The van der Waals surface area contributed by atoms with E-state index in [1.54, 1.807) is 4.90 Å². The summed E-state index contributed by atoms with van der Waals surface area (Å²) >= 11 is 5.99. The van der Waals surface area contributed by atoms with Crippen LogP contribution >= 0.6 is 11.6 Å². The highest BCUT2D eigenvalue weighted by Crippen LogP contribution is 2.21. The normalized spacial score (nSPS) is 14.9. The van der Waals surface area contributed by atoms with Crippen LogP contribution in [0.4, 0.5) is 10.1 Å². The third-order valence-corrected chi connectivity index (χ3v) is 4.44. The van der Waals surface area contributed by atoms with Gasteiger partial charge in [0, 0.05) is 31.9 Å². The maximum absolute atomic E-state index is 13.1. The molecule has 5 heteroatoms. The average Bonchev–Trinajstić information content (AvgIpc) is 2.55. The Morgan fingerprint density at radius 1 is 1.04 bits per heavy atom. The first-order valence-electron chi connectivity index (χ1n) is 7.60. The number of carbonyl (C=O) groups excluding carboxylic acids is 1. The second-order valence-electron chi connectivity index (χ2n) is 5.74. The number of amides is 1. The number of nitrogens with zero attached hydrogens (tertiary/aromatic N) is 2. The quantitative estimate of drug-likeness (QED) is 0.836. The van der Waals surface area contributed by atoms with E-state index in [0.717, 1.165) is 13.1 Å². The Hall–Kier alpha value is -2.07. The number of hydrogen-bond acceptors (Lipinski definition) is 2.